The molecule has 0 bridgehead atoms. The first-order valence-corrected chi connectivity index (χ1v) is 9.30. The molecule has 0 aliphatic rings. The van der Waals surface area contributed by atoms with Crippen molar-refractivity contribution < 1.29 is 27.5 Å². The van der Waals surface area contributed by atoms with Crippen molar-refractivity contribution in [1.82, 2.24) is 10.1 Å². The topological polar surface area (TPSA) is 66.6 Å². The molecule has 0 fully saturated rings. The second-order valence-electron chi connectivity index (χ2n) is 6.55. The third kappa shape index (κ3) is 4.48. The fourth-order valence-corrected chi connectivity index (χ4v) is 2.96. The third-order valence-corrected chi connectivity index (χ3v) is 4.54. The average molecular weight is 424 g/mol. The summed E-state index contributed by atoms with van der Waals surface area (Å²) in [6.07, 6.45) is 0. The number of halogens is 2. The van der Waals surface area contributed by atoms with Gasteiger partial charge in [-0.1, -0.05) is 17.3 Å². The van der Waals surface area contributed by atoms with Gasteiger partial charge in [-0.25, -0.2) is 8.78 Å². The van der Waals surface area contributed by atoms with Gasteiger partial charge in [0.25, 0.3) is 5.89 Å². The Morgan fingerprint density at radius 1 is 0.903 bits per heavy atom. The van der Waals surface area contributed by atoms with Gasteiger partial charge in [-0.05, 0) is 48.0 Å². The van der Waals surface area contributed by atoms with Gasteiger partial charge in [0.05, 0.1) is 19.8 Å². The van der Waals surface area contributed by atoms with Gasteiger partial charge in [-0.15, -0.1) is 0 Å². The number of nitrogens with zero attached hydrogens (tertiary/aromatic N) is 2. The van der Waals surface area contributed by atoms with Crippen molar-refractivity contribution in [2.24, 2.45) is 0 Å². The molecule has 4 aromatic rings. The summed E-state index contributed by atoms with van der Waals surface area (Å²) in [5.41, 5.74) is 1.54. The molecular formula is C23H18F2N2O4. The zero-order valence-corrected chi connectivity index (χ0v) is 16.8. The van der Waals surface area contributed by atoms with E-state index >= 15 is 0 Å². The number of rotatable bonds is 7. The number of benzene rings is 3. The normalized spacial score (nSPS) is 10.7. The quantitative estimate of drug-likeness (QED) is 0.402. The highest BCUT2D eigenvalue weighted by molar-refractivity contribution is 5.63. The molecule has 0 atom stereocenters. The van der Waals surface area contributed by atoms with Gasteiger partial charge in [0, 0.05) is 11.6 Å². The third-order valence-electron chi connectivity index (χ3n) is 4.54. The van der Waals surface area contributed by atoms with Crippen LogP contribution in [0.5, 0.6) is 17.2 Å². The lowest BCUT2D eigenvalue weighted by molar-refractivity contribution is 0.284. The second kappa shape index (κ2) is 8.83. The Morgan fingerprint density at radius 3 is 2.55 bits per heavy atom. The van der Waals surface area contributed by atoms with Gasteiger partial charge >= 0.3 is 0 Å². The van der Waals surface area contributed by atoms with Crippen molar-refractivity contribution in [2.75, 3.05) is 14.2 Å². The lowest BCUT2D eigenvalue weighted by atomic mass is 10.1. The Kier molecular flexibility index (Phi) is 5.79. The van der Waals surface area contributed by atoms with Crippen LogP contribution in [0.4, 0.5) is 8.78 Å². The highest BCUT2D eigenvalue weighted by atomic mass is 19.1. The molecule has 1 aromatic heterocycles. The lowest BCUT2D eigenvalue weighted by Crippen LogP contribution is -1.98. The molecule has 6 nitrogen and oxygen atoms in total. The molecule has 0 aliphatic heterocycles. The fraction of sp³-hybridized carbons (Fsp3) is 0.130. The van der Waals surface area contributed by atoms with Crippen LogP contribution in [0, 0.1) is 11.6 Å². The molecule has 4 rings (SSSR count). The highest BCUT2D eigenvalue weighted by Gasteiger charge is 2.16. The summed E-state index contributed by atoms with van der Waals surface area (Å²) in [7, 11) is 3.13. The SMILES string of the molecule is COc1cccc(COc2ccc(-c3noc(-c4ccc(F)cc4F)n3)cc2OC)c1. The van der Waals surface area contributed by atoms with Crippen LogP contribution in [0.1, 0.15) is 5.56 Å². The zero-order chi connectivity index (χ0) is 21.8. The standard InChI is InChI=1S/C23H18F2N2O4/c1-28-17-5-3-4-14(10-17)13-30-20-9-6-15(11-21(20)29-2)22-26-23(31-27-22)18-8-7-16(24)12-19(18)25/h3-12H,13H2,1-2H3. The number of hydrogen-bond donors (Lipinski definition) is 0. The van der Waals surface area contributed by atoms with Crippen LogP contribution in [-0.2, 0) is 6.61 Å². The van der Waals surface area contributed by atoms with Crippen LogP contribution in [0.25, 0.3) is 22.8 Å². The fourth-order valence-electron chi connectivity index (χ4n) is 2.96. The largest absolute Gasteiger partial charge is 0.497 e. The molecule has 0 saturated carbocycles. The summed E-state index contributed by atoms with van der Waals surface area (Å²) in [6, 6.07) is 15.8. The minimum atomic E-state index is -0.783. The molecule has 1 heterocycles. The maximum atomic E-state index is 14.0. The lowest BCUT2D eigenvalue weighted by Gasteiger charge is -2.12. The summed E-state index contributed by atoms with van der Waals surface area (Å²) in [4.78, 5) is 4.21. The minimum Gasteiger partial charge on any atom is -0.497 e. The van der Waals surface area contributed by atoms with Crippen molar-refractivity contribution >= 4 is 0 Å². The maximum absolute atomic E-state index is 14.0. The molecule has 0 amide bonds. The second-order valence-corrected chi connectivity index (χ2v) is 6.55. The zero-order valence-electron chi connectivity index (χ0n) is 16.8. The molecule has 0 aliphatic carbocycles. The highest BCUT2D eigenvalue weighted by Crippen LogP contribution is 2.33. The van der Waals surface area contributed by atoms with E-state index in [-0.39, 0.29) is 17.3 Å². The molecule has 31 heavy (non-hydrogen) atoms. The Hall–Kier alpha value is -3.94. The van der Waals surface area contributed by atoms with Gasteiger partial charge in [-0.2, -0.15) is 4.98 Å². The van der Waals surface area contributed by atoms with Gasteiger partial charge in [0.15, 0.2) is 11.5 Å². The number of methoxy groups -OCH3 is 2. The monoisotopic (exact) mass is 424 g/mol. The van der Waals surface area contributed by atoms with Crippen molar-refractivity contribution in [2.45, 2.75) is 6.61 Å². The van der Waals surface area contributed by atoms with E-state index in [0.29, 0.717) is 23.7 Å². The molecule has 3 aromatic carbocycles. The minimum absolute atomic E-state index is 0.0188. The Bertz CT molecular complexity index is 1210. The molecule has 0 radical (unpaired) electrons. The maximum Gasteiger partial charge on any atom is 0.261 e. The summed E-state index contributed by atoms with van der Waals surface area (Å²) in [5, 5.41) is 3.89. The molecular weight excluding hydrogens is 406 g/mol. The first-order valence-electron chi connectivity index (χ1n) is 9.30. The Balaban J connectivity index is 1.55. The van der Waals surface area contributed by atoms with Gasteiger partial charge in [0.1, 0.15) is 24.0 Å². The van der Waals surface area contributed by atoms with Crippen LogP contribution in [0.15, 0.2) is 65.2 Å². The Labute approximate surface area is 177 Å². The molecule has 0 N–H and O–H groups in total. The van der Waals surface area contributed by atoms with Gasteiger partial charge in [-0.3, -0.25) is 0 Å². The van der Waals surface area contributed by atoms with Crippen molar-refractivity contribution in [3.63, 3.8) is 0 Å². The van der Waals surface area contributed by atoms with E-state index < -0.39 is 11.6 Å². The summed E-state index contributed by atoms with van der Waals surface area (Å²) >= 11 is 0. The number of aromatic nitrogens is 2. The van der Waals surface area contributed by atoms with Gasteiger partial charge < -0.3 is 18.7 Å². The van der Waals surface area contributed by atoms with Gasteiger partial charge in [0.2, 0.25) is 5.82 Å². The van der Waals surface area contributed by atoms with Crippen LogP contribution in [0.2, 0.25) is 0 Å². The van der Waals surface area contributed by atoms with Crippen LogP contribution < -0.4 is 14.2 Å². The van der Waals surface area contributed by atoms with E-state index in [1.54, 1.807) is 25.3 Å². The first-order chi connectivity index (χ1) is 15.1. The van der Waals surface area contributed by atoms with Crippen molar-refractivity contribution in [1.29, 1.82) is 0 Å². The van der Waals surface area contributed by atoms with E-state index in [9.17, 15) is 8.78 Å². The van der Waals surface area contributed by atoms with Crippen molar-refractivity contribution in [3.8, 4) is 40.1 Å². The van der Waals surface area contributed by atoms with E-state index in [4.69, 9.17) is 18.7 Å². The summed E-state index contributed by atoms with van der Waals surface area (Å²) in [5.74, 6) is 0.460. The predicted molar refractivity (Wildman–Crippen MR) is 109 cm³/mol. The van der Waals surface area contributed by atoms with Crippen molar-refractivity contribution in [3.05, 3.63) is 77.9 Å². The molecule has 158 valence electrons. The van der Waals surface area contributed by atoms with Crippen LogP contribution >= 0.6 is 0 Å². The first kappa shape index (κ1) is 20.3. The number of hydrogen-bond acceptors (Lipinski definition) is 6. The van der Waals surface area contributed by atoms with Crippen LogP contribution in [-0.4, -0.2) is 24.4 Å². The smallest absolute Gasteiger partial charge is 0.261 e. The molecule has 0 unspecified atom stereocenters. The summed E-state index contributed by atoms with van der Waals surface area (Å²) < 4.78 is 48.8. The average Bonchev–Trinajstić information content (AvgIpc) is 3.27. The molecule has 0 spiro atoms. The van der Waals surface area contributed by atoms with E-state index in [0.717, 1.165) is 23.4 Å². The number of ether oxygens (including phenoxy) is 3. The summed E-state index contributed by atoms with van der Waals surface area (Å²) in [6.45, 7) is 0.323. The molecule has 0 saturated heterocycles. The van der Waals surface area contributed by atoms with E-state index in [1.807, 2.05) is 24.3 Å². The molecule has 8 heteroatoms. The van der Waals surface area contributed by atoms with E-state index in [1.165, 1.54) is 13.2 Å². The van der Waals surface area contributed by atoms with Crippen LogP contribution in [0.3, 0.4) is 0 Å². The van der Waals surface area contributed by atoms with E-state index in [2.05, 4.69) is 10.1 Å². The predicted octanol–water partition coefficient (Wildman–Crippen LogP) is 5.28. The Morgan fingerprint density at radius 2 is 1.77 bits per heavy atom.